The Hall–Kier alpha value is -1.46. The molecular formula is C18H24FNO3. The number of aliphatic hydroxyl groups is 2. The minimum absolute atomic E-state index is 0.0851. The van der Waals surface area contributed by atoms with Gasteiger partial charge in [-0.05, 0) is 43.4 Å². The maximum atomic E-state index is 13.0. The maximum Gasteiger partial charge on any atom is 0.225 e. The first-order valence-corrected chi connectivity index (χ1v) is 8.42. The molecule has 23 heavy (non-hydrogen) atoms. The van der Waals surface area contributed by atoms with Gasteiger partial charge in [0.1, 0.15) is 5.82 Å². The Kier molecular flexibility index (Phi) is 4.69. The summed E-state index contributed by atoms with van der Waals surface area (Å²) in [5.74, 6) is -0.433. The average Bonchev–Trinajstić information content (AvgIpc) is 3.27. The Morgan fingerprint density at radius 3 is 2.43 bits per heavy atom. The second kappa shape index (κ2) is 6.57. The number of hydrogen-bond acceptors (Lipinski definition) is 3. The number of carbonyl (C=O) groups is 1. The lowest BCUT2D eigenvalue weighted by molar-refractivity contribution is -0.138. The highest BCUT2D eigenvalue weighted by Crippen LogP contribution is 2.35. The summed E-state index contributed by atoms with van der Waals surface area (Å²) in [6, 6.07) is 5.87. The quantitative estimate of drug-likeness (QED) is 0.846. The summed E-state index contributed by atoms with van der Waals surface area (Å²) in [7, 11) is 0. The lowest BCUT2D eigenvalue weighted by Crippen LogP contribution is -2.41. The summed E-state index contributed by atoms with van der Waals surface area (Å²) in [6.07, 6.45) is 4.48. The summed E-state index contributed by atoms with van der Waals surface area (Å²) < 4.78 is 13.0. The Bertz CT molecular complexity index is 550. The van der Waals surface area contributed by atoms with E-state index in [1.165, 1.54) is 12.1 Å². The van der Waals surface area contributed by atoms with Gasteiger partial charge in [0.2, 0.25) is 5.91 Å². The number of nitrogens with zero attached hydrogens (tertiary/aromatic N) is 1. The third-order valence-electron chi connectivity index (χ3n) is 4.95. The molecule has 0 aromatic heterocycles. The van der Waals surface area contributed by atoms with Gasteiger partial charge in [-0.15, -0.1) is 0 Å². The second-order valence-electron chi connectivity index (χ2n) is 6.95. The van der Waals surface area contributed by atoms with E-state index >= 15 is 0 Å². The zero-order valence-corrected chi connectivity index (χ0v) is 13.2. The molecule has 2 aliphatic rings. The molecule has 0 aliphatic heterocycles. The van der Waals surface area contributed by atoms with Crippen LogP contribution in [0.3, 0.4) is 0 Å². The first-order valence-electron chi connectivity index (χ1n) is 8.42. The molecule has 0 bridgehead atoms. The van der Waals surface area contributed by atoms with E-state index in [9.17, 15) is 19.4 Å². The summed E-state index contributed by atoms with van der Waals surface area (Å²) in [5, 5.41) is 20.8. The van der Waals surface area contributed by atoms with Gasteiger partial charge in [-0.25, -0.2) is 4.39 Å². The molecule has 0 radical (unpaired) electrons. The van der Waals surface area contributed by atoms with Crippen LogP contribution in [0.1, 0.15) is 56.6 Å². The number of aliphatic hydroxyl groups excluding tert-OH is 1. The monoisotopic (exact) mass is 321 g/mol. The molecule has 2 N–H and O–H groups in total. The van der Waals surface area contributed by atoms with Gasteiger partial charge in [0.25, 0.3) is 0 Å². The van der Waals surface area contributed by atoms with E-state index < -0.39 is 11.7 Å². The van der Waals surface area contributed by atoms with Gasteiger partial charge >= 0.3 is 0 Å². The fourth-order valence-corrected chi connectivity index (χ4v) is 3.41. The maximum absolute atomic E-state index is 13.0. The third kappa shape index (κ3) is 4.09. The molecule has 1 aromatic rings. The molecule has 0 heterocycles. The Labute approximate surface area is 135 Å². The Balaban J connectivity index is 1.64. The van der Waals surface area contributed by atoms with Crippen molar-refractivity contribution in [3.05, 3.63) is 35.6 Å². The lowest BCUT2D eigenvalue weighted by Gasteiger charge is -2.29. The number of benzene rings is 1. The van der Waals surface area contributed by atoms with Crippen molar-refractivity contribution in [1.29, 1.82) is 0 Å². The molecule has 0 saturated heterocycles. The largest absolute Gasteiger partial charge is 0.389 e. The number of halogens is 1. The predicted octanol–water partition coefficient (Wildman–Crippen LogP) is 2.55. The van der Waals surface area contributed by atoms with Crippen LogP contribution in [0, 0.1) is 5.82 Å². The highest BCUT2D eigenvalue weighted by molar-refractivity contribution is 5.78. The van der Waals surface area contributed by atoms with Crippen LogP contribution in [-0.4, -0.2) is 39.2 Å². The molecule has 3 rings (SSSR count). The van der Waals surface area contributed by atoms with Crippen LogP contribution < -0.4 is 0 Å². The SMILES string of the molecule is O=C(CC1(O)CCCC1)N(CC(O)c1ccc(F)cc1)C1CC1. The number of rotatable bonds is 6. The molecule has 126 valence electrons. The number of carbonyl (C=O) groups excluding carboxylic acids is 1. The van der Waals surface area contributed by atoms with E-state index in [1.54, 1.807) is 17.0 Å². The smallest absolute Gasteiger partial charge is 0.225 e. The van der Waals surface area contributed by atoms with Crippen molar-refractivity contribution in [2.45, 2.75) is 62.7 Å². The highest BCUT2D eigenvalue weighted by Gasteiger charge is 2.39. The lowest BCUT2D eigenvalue weighted by atomic mass is 9.97. The second-order valence-corrected chi connectivity index (χ2v) is 6.95. The summed E-state index contributed by atoms with van der Waals surface area (Å²) in [4.78, 5) is 14.3. The zero-order chi connectivity index (χ0) is 16.4. The van der Waals surface area contributed by atoms with Gasteiger partial charge in [0, 0.05) is 6.04 Å². The molecule has 2 saturated carbocycles. The van der Waals surface area contributed by atoms with Crippen molar-refractivity contribution >= 4 is 5.91 Å². The van der Waals surface area contributed by atoms with Crippen LogP contribution in [0.15, 0.2) is 24.3 Å². The van der Waals surface area contributed by atoms with Crippen LogP contribution in [0.5, 0.6) is 0 Å². The van der Waals surface area contributed by atoms with E-state index in [0.29, 0.717) is 18.4 Å². The van der Waals surface area contributed by atoms with Crippen LogP contribution in [0.4, 0.5) is 4.39 Å². The molecule has 5 heteroatoms. The summed E-state index contributed by atoms with van der Waals surface area (Å²) in [6.45, 7) is 0.200. The van der Waals surface area contributed by atoms with Gasteiger partial charge in [-0.3, -0.25) is 4.79 Å². The van der Waals surface area contributed by atoms with Crippen molar-refractivity contribution in [2.24, 2.45) is 0 Å². The van der Waals surface area contributed by atoms with E-state index in [2.05, 4.69) is 0 Å². The van der Waals surface area contributed by atoms with Crippen molar-refractivity contribution in [1.82, 2.24) is 4.90 Å². The van der Waals surface area contributed by atoms with E-state index in [0.717, 1.165) is 25.7 Å². The fraction of sp³-hybridized carbons (Fsp3) is 0.611. The molecule has 1 aromatic carbocycles. The molecular weight excluding hydrogens is 297 g/mol. The summed E-state index contributed by atoms with van der Waals surface area (Å²) >= 11 is 0. The summed E-state index contributed by atoms with van der Waals surface area (Å²) in [5.41, 5.74) is -0.269. The molecule has 1 amide bonds. The molecule has 4 nitrogen and oxygen atoms in total. The molecule has 0 spiro atoms. The average molecular weight is 321 g/mol. The van der Waals surface area contributed by atoms with Crippen molar-refractivity contribution < 1.29 is 19.4 Å². The number of amides is 1. The number of hydrogen-bond donors (Lipinski definition) is 2. The Morgan fingerprint density at radius 1 is 1.26 bits per heavy atom. The normalized spacial score (nSPS) is 21.2. The molecule has 1 unspecified atom stereocenters. The van der Waals surface area contributed by atoms with E-state index in [-0.39, 0.29) is 30.7 Å². The van der Waals surface area contributed by atoms with Crippen molar-refractivity contribution in [3.8, 4) is 0 Å². The Morgan fingerprint density at radius 2 is 1.87 bits per heavy atom. The minimum atomic E-state index is -0.870. The van der Waals surface area contributed by atoms with Crippen molar-refractivity contribution in [3.63, 3.8) is 0 Å². The van der Waals surface area contributed by atoms with Gasteiger partial charge in [0.15, 0.2) is 0 Å². The van der Waals surface area contributed by atoms with Crippen molar-refractivity contribution in [2.75, 3.05) is 6.54 Å². The first kappa shape index (κ1) is 16.4. The van der Waals surface area contributed by atoms with E-state index in [4.69, 9.17) is 0 Å². The molecule has 2 fully saturated rings. The van der Waals surface area contributed by atoms with Gasteiger partial charge in [-0.2, -0.15) is 0 Å². The predicted molar refractivity (Wildman–Crippen MR) is 84.1 cm³/mol. The van der Waals surface area contributed by atoms with Crippen LogP contribution >= 0.6 is 0 Å². The van der Waals surface area contributed by atoms with Gasteiger partial charge in [-0.1, -0.05) is 25.0 Å². The highest BCUT2D eigenvalue weighted by atomic mass is 19.1. The fourth-order valence-electron chi connectivity index (χ4n) is 3.41. The van der Waals surface area contributed by atoms with Gasteiger partial charge < -0.3 is 15.1 Å². The third-order valence-corrected chi connectivity index (χ3v) is 4.95. The van der Waals surface area contributed by atoms with Crippen LogP contribution in [0.2, 0.25) is 0 Å². The van der Waals surface area contributed by atoms with Gasteiger partial charge in [0.05, 0.1) is 24.7 Å². The molecule has 2 aliphatic carbocycles. The van der Waals surface area contributed by atoms with E-state index in [1.807, 2.05) is 0 Å². The molecule has 1 atom stereocenters. The zero-order valence-electron chi connectivity index (χ0n) is 13.2. The topological polar surface area (TPSA) is 60.8 Å². The van der Waals surface area contributed by atoms with Crippen LogP contribution in [-0.2, 0) is 4.79 Å². The standard InChI is InChI=1S/C18H24FNO3/c19-14-5-3-13(4-6-14)16(21)12-20(15-7-8-15)17(22)11-18(23)9-1-2-10-18/h3-6,15-16,21,23H,1-2,7-12H2. The minimum Gasteiger partial charge on any atom is -0.389 e. The van der Waals surface area contributed by atoms with Crippen LogP contribution in [0.25, 0.3) is 0 Å². The first-order chi connectivity index (χ1) is 11.0.